The number of carbonyl (C=O) groups excluding carboxylic acids is 1. The van der Waals surface area contributed by atoms with E-state index in [1.54, 1.807) is 6.20 Å². The highest BCUT2D eigenvalue weighted by Gasteiger charge is 2.22. The van der Waals surface area contributed by atoms with Crippen molar-refractivity contribution >= 4 is 11.8 Å². The number of carbonyl (C=O) groups is 1. The van der Waals surface area contributed by atoms with Gasteiger partial charge in [0.1, 0.15) is 5.82 Å². The molecular weight excluding hydrogens is 210 g/mol. The average Bonchev–Trinajstić information content (AvgIpc) is 2.75. The largest absolute Gasteiger partial charge is 0.464 e. The van der Waals surface area contributed by atoms with E-state index in [1.165, 1.54) is 13.3 Å². The van der Waals surface area contributed by atoms with Gasteiger partial charge in [0.25, 0.3) is 0 Å². The van der Waals surface area contributed by atoms with Crippen LogP contribution in [0.15, 0.2) is 12.4 Å². The molecule has 0 radical (unpaired) electrons. The van der Waals surface area contributed by atoms with Gasteiger partial charge in [-0.15, -0.1) is 0 Å². The Kier molecular flexibility index (Phi) is 3.00. The molecule has 6 heteroatoms. The first kappa shape index (κ1) is 10.8. The number of aromatic nitrogens is 2. The number of methoxy groups -OCH3 is 1. The topological polar surface area (TPSA) is 75.5 Å². The number of aliphatic hydroxyl groups is 1. The molecule has 16 heavy (non-hydrogen) atoms. The van der Waals surface area contributed by atoms with E-state index in [0.717, 1.165) is 6.54 Å². The molecule has 0 bridgehead atoms. The van der Waals surface area contributed by atoms with E-state index >= 15 is 0 Å². The molecule has 1 atom stereocenters. The lowest BCUT2D eigenvalue weighted by Crippen LogP contribution is -2.23. The summed E-state index contributed by atoms with van der Waals surface area (Å²) >= 11 is 0. The van der Waals surface area contributed by atoms with Crippen molar-refractivity contribution in [1.82, 2.24) is 9.97 Å². The highest BCUT2D eigenvalue weighted by atomic mass is 16.5. The smallest absolute Gasteiger partial charge is 0.358 e. The fourth-order valence-corrected chi connectivity index (χ4v) is 1.66. The molecule has 6 nitrogen and oxygen atoms in total. The first-order valence-corrected chi connectivity index (χ1v) is 5.04. The molecule has 2 rings (SSSR count). The van der Waals surface area contributed by atoms with Gasteiger partial charge in [0, 0.05) is 13.1 Å². The number of hydrogen-bond donors (Lipinski definition) is 1. The summed E-state index contributed by atoms with van der Waals surface area (Å²) in [5.41, 5.74) is 0.182. The van der Waals surface area contributed by atoms with Gasteiger partial charge in [-0.25, -0.2) is 9.78 Å². The van der Waals surface area contributed by atoms with Crippen LogP contribution in [0.1, 0.15) is 16.9 Å². The molecule has 0 aromatic carbocycles. The molecule has 1 aromatic heterocycles. The van der Waals surface area contributed by atoms with Gasteiger partial charge in [-0.2, -0.15) is 0 Å². The summed E-state index contributed by atoms with van der Waals surface area (Å²) in [6.07, 6.45) is 3.32. The van der Waals surface area contributed by atoms with E-state index < -0.39 is 5.97 Å². The van der Waals surface area contributed by atoms with Gasteiger partial charge in [0.05, 0.1) is 25.6 Å². The minimum Gasteiger partial charge on any atom is -0.464 e. The Labute approximate surface area is 92.9 Å². The summed E-state index contributed by atoms with van der Waals surface area (Å²) < 4.78 is 4.57. The molecule has 1 N–H and O–H groups in total. The van der Waals surface area contributed by atoms with Crippen LogP contribution in [0.4, 0.5) is 5.82 Å². The number of β-amino-alcohol motifs (C(OH)–C–C–N with tert-alkyl or cyclic N) is 1. The monoisotopic (exact) mass is 223 g/mol. The zero-order valence-electron chi connectivity index (χ0n) is 8.96. The lowest BCUT2D eigenvalue weighted by Gasteiger charge is -2.16. The van der Waals surface area contributed by atoms with E-state index in [-0.39, 0.29) is 11.8 Å². The summed E-state index contributed by atoms with van der Waals surface area (Å²) in [5, 5.41) is 9.40. The number of hydrogen-bond acceptors (Lipinski definition) is 6. The van der Waals surface area contributed by atoms with Crippen LogP contribution in [0, 0.1) is 0 Å². The first-order valence-electron chi connectivity index (χ1n) is 5.04. The van der Waals surface area contributed by atoms with Gasteiger partial charge in [-0.05, 0) is 6.42 Å². The fraction of sp³-hybridized carbons (Fsp3) is 0.500. The van der Waals surface area contributed by atoms with Crippen LogP contribution in [0.3, 0.4) is 0 Å². The number of esters is 1. The lowest BCUT2D eigenvalue weighted by molar-refractivity contribution is 0.0593. The number of rotatable bonds is 2. The lowest BCUT2D eigenvalue weighted by atomic mass is 10.3. The Morgan fingerprint density at radius 1 is 1.62 bits per heavy atom. The molecule has 0 saturated carbocycles. The second-order valence-corrected chi connectivity index (χ2v) is 3.64. The number of anilines is 1. The molecule has 1 saturated heterocycles. The summed E-state index contributed by atoms with van der Waals surface area (Å²) in [6, 6.07) is 0. The van der Waals surface area contributed by atoms with Crippen LogP contribution in [0.2, 0.25) is 0 Å². The molecule has 0 aliphatic carbocycles. The van der Waals surface area contributed by atoms with Gasteiger partial charge in [-0.3, -0.25) is 4.98 Å². The van der Waals surface area contributed by atoms with Crippen LogP contribution < -0.4 is 4.90 Å². The minimum atomic E-state index is -0.505. The second kappa shape index (κ2) is 4.44. The number of aliphatic hydroxyl groups excluding tert-OH is 1. The van der Waals surface area contributed by atoms with Crippen molar-refractivity contribution in [2.24, 2.45) is 0 Å². The van der Waals surface area contributed by atoms with Crippen LogP contribution >= 0.6 is 0 Å². The summed E-state index contributed by atoms with van der Waals surface area (Å²) in [7, 11) is 1.30. The maximum absolute atomic E-state index is 11.3. The average molecular weight is 223 g/mol. The van der Waals surface area contributed by atoms with Gasteiger partial charge in [0.2, 0.25) is 0 Å². The van der Waals surface area contributed by atoms with Crippen molar-refractivity contribution in [1.29, 1.82) is 0 Å². The Morgan fingerprint density at radius 3 is 3.06 bits per heavy atom. The molecule has 1 aliphatic heterocycles. The highest BCUT2D eigenvalue weighted by Crippen LogP contribution is 2.17. The molecular formula is C10H13N3O3. The number of nitrogens with zero attached hydrogens (tertiary/aromatic N) is 3. The van der Waals surface area contributed by atoms with Crippen molar-refractivity contribution in [2.45, 2.75) is 12.5 Å². The van der Waals surface area contributed by atoms with Crippen molar-refractivity contribution in [3.63, 3.8) is 0 Å². The molecule has 1 aromatic rings. The Morgan fingerprint density at radius 2 is 2.44 bits per heavy atom. The van der Waals surface area contributed by atoms with Crippen LogP contribution in [0.25, 0.3) is 0 Å². The molecule has 1 aliphatic rings. The van der Waals surface area contributed by atoms with Gasteiger partial charge < -0.3 is 14.7 Å². The summed E-state index contributed by atoms with van der Waals surface area (Å²) in [4.78, 5) is 21.2. The number of ether oxygens (including phenoxy) is 1. The highest BCUT2D eigenvalue weighted by molar-refractivity contribution is 5.87. The molecule has 0 unspecified atom stereocenters. The first-order chi connectivity index (χ1) is 7.70. The maximum Gasteiger partial charge on any atom is 0.358 e. The Bertz CT molecular complexity index is 397. The molecule has 2 heterocycles. The molecule has 0 amide bonds. The Hall–Kier alpha value is -1.69. The quantitative estimate of drug-likeness (QED) is 0.702. The molecule has 1 fully saturated rings. The van der Waals surface area contributed by atoms with Crippen molar-refractivity contribution in [3.05, 3.63) is 18.1 Å². The van der Waals surface area contributed by atoms with Crippen LogP contribution in [0.5, 0.6) is 0 Å². The van der Waals surface area contributed by atoms with E-state index in [4.69, 9.17) is 0 Å². The predicted molar refractivity (Wildman–Crippen MR) is 56.2 cm³/mol. The zero-order valence-corrected chi connectivity index (χ0v) is 8.96. The minimum absolute atomic E-state index is 0.182. The van der Waals surface area contributed by atoms with E-state index in [9.17, 15) is 9.90 Å². The van der Waals surface area contributed by atoms with Crippen molar-refractivity contribution < 1.29 is 14.6 Å². The van der Waals surface area contributed by atoms with Crippen molar-refractivity contribution in [3.8, 4) is 0 Å². The van der Waals surface area contributed by atoms with Gasteiger partial charge in [0.15, 0.2) is 5.69 Å². The van der Waals surface area contributed by atoms with Gasteiger partial charge in [-0.1, -0.05) is 0 Å². The normalized spacial score (nSPS) is 19.9. The van der Waals surface area contributed by atoms with E-state index in [0.29, 0.717) is 18.8 Å². The van der Waals surface area contributed by atoms with Gasteiger partial charge >= 0.3 is 5.97 Å². The van der Waals surface area contributed by atoms with Crippen LogP contribution in [-0.4, -0.2) is 47.3 Å². The van der Waals surface area contributed by atoms with Crippen LogP contribution in [-0.2, 0) is 4.74 Å². The fourth-order valence-electron chi connectivity index (χ4n) is 1.66. The molecule has 86 valence electrons. The van der Waals surface area contributed by atoms with E-state index in [2.05, 4.69) is 14.7 Å². The maximum atomic E-state index is 11.3. The standard InChI is InChI=1S/C10H13N3O3/c1-16-10(15)8-4-11-5-9(12-8)13-3-2-7(14)6-13/h4-5,7,14H,2-3,6H2,1H3/t7-/m1/s1. The zero-order chi connectivity index (χ0) is 11.5. The Balaban J connectivity index is 2.19. The third-order valence-corrected chi connectivity index (χ3v) is 2.50. The van der Waals surface area contributed by atoms with E-state index in [1.807, 2.05) is 4.90 Å². The third-order valence-electron chi connectivity index (χ3n) is 2.50. The summed E-state index contributed by atoms with van der Waals surface area (Å²) in [6.45, 7) is 1.25. The third kappa shape index (κ3) is 2.11. The summed E-state index contributed by atoms with van der Waals surface area (Å²) in [5.74, 6) is 0.0912. The predicted octanol–water partition coefficient (Wildman–Crippen LogP) is -0.166. The van der Waals surface area contributed by atoms with Crippen molar-refractivity contribution in [2.75, 3.05) is 25.1 Å². The SMILES string of the molecule is COC(=O)c1cncc(N2CC[C@@H](O)C2)n1. The molecule has 0 spiro atoms. The second-order valence-electron chi connectivity index (χ2n) is 3.64.